The number of carbonyl (C=O) groups is 1. The minimum absolute atomic E-state index is 0.0412. The zero-order chi connectivity index (χ0) is 20.7. The summed E-state index contributed by atoms with van der Waals surface area (Å²) in [6.45, 7) is 4.38. The summed E-state index contributed by atoms with van der Waals surface area (Å²) < 4.78 is 27.9. The number of rotatable bonds is 5. The van der Waals surface area contributed by atoms with E-state index in [1.165, 1.54) is 29.8 Å². The molecule has 2 saturated heterocycles. The molecule has 1 aliphatic carbocycles. The van der Waals surface area contributed by atoms with E-state index in [0.717, 1.165) is 31.7 Å². The molecule has 3 heterocycles. The molecule has 0 radical (unpaired) electrons. The van der Waals surface area contributed by atoms with Crippen molar-refractivity contribution in [3.8, 4) is 0 Å². The Morgan fingerprint density at radius 2 is 1.97 bits per heavy atom. The van der Waals surface area contributed by atoms with Crippen LogP contribution in [0.25, 0.3) is 0 Å². The largest absolute Gasteiger partial charge is 0.369 e. The van der Waals surface area contributed by atoms with Crippen LogP contribution in [-0.4, -0.2) is 52.8 Å². The highest BCUT2D eigenvalue weighted by atomic mass is 19.3. The van der Waals surface area contributed by atoms with Crippen molar-refractivity contribution in [2.45, 2.75) is 51.1 Å². The van der Waals surface area contributed by atoms with Crippen molar-refractivity contribution in [3.63, 3.8) is 0 Å². The second-order valence-corrected chi connectivity index (χ2v) is 8.50. The number of hydrogen-bond donors (Lipinski definition) is 1. The van der Waals surface area contributed by atoms with Crippen LogP contribution in [0.4, 0.5) is 20.2 Å². The van der Waals surface area contributed by atoms with Gasteiger partial charge in [0.15, 0.2) is 0 Å². The van der Waals surface area contributed by atoms with Gasteiger partial charge in [-0.25, -0.2) is 8.78 Å². The Labute approximate surface area is 174 Å². The predicted octanol–water partition coefficient (Wildman–Crippen LogP) is 3.23. The van der Waals surface area contributed by atoms with E-state index in [4.69, 9.17) is 0 Å². The summed E-state index contributed by atoms with van der Waals surface area (Å²) in [4.78, 5) is 17.5. The second-order valence-electron chi connectivity index (χ2n) is 8.50. The molecular weight excluding hydrogens is 388 g/mol. The number of hydrogen-bond acceptors (Lipinski definition) is 4. The van der Waals surface area contributed by atoms with Gasteiger partial charge >= 0.3 is 0 Å². The lowest BCUT2D eigenvalue weighted by molar-refractivity contribution is -0.117. The summed E-state index contributed by atoms with van der Waals surface area (Å²) in [5.74, 6) is -0.250. The molecular formula is C22H27F2N5O. The molecule has 0 unspecified atom stereocenters. The molecule has 3 aliphatic rings. The number of nitrogens with zero attached hydrogens (tertiary/aromatic N) is 4. The molecule has 2 fully saturated rings. The second kappa shape index (κ2) is 7.98. The average Bonchev–Trinajstić information content (AvgIpc) is 3.45. The molecule has 2 aliphatic heterocycles. The van der Waals surface area contributed by atoms with Gasteiger partial charge in [-0.15, -0.1) is 0 Å². The standard InChI is InChI=1S/C22H27F2N5O/c23-22(24)21-18-4-1-5-19(18)29(26-21)14-20(30)25-15-6-8-16(9-7-15)28-12-11-27-10-2-3-17(27)13-28/h6-9,17,22H,1-5,10-14H2,(H,25,30)/t17-/m0/s1. The van der Waals surface area contributed by atoms with Crippen molar-refractivity contribution in [2.24, 2.45) is 0 Å². The van der Waals surface area contributed by atoms with Crippen LogP contribution in [0.2, 0.25) is 0 Å². The zero-order valence-electron chi connectivity index (χ0n) is 17.0. The molecule has 0 saturated carbocycles. The Morgan fingerprint density at radius 1 is 1.13 bits per heavy atom. The minimum Gasteiger partial charge on any atom is -0.369 e. The van der Waals surface area contributed by atoms with Gasteiger partial charge in [-0.1, -0.05) is 0 Å². The zero-order valence-corrected chi connectivity index (χ0v) is 17.0. The maximum absolute atomic E-state index is 13.2. The van der Waals surface area contributed by atoms with Crippen molar-refractivity contribution in [3.05, 3.63) is 41.2 Å². The summed E-state index contributed by atoms with van der Waals surface area (Å²) >= 11 is 0. The van der Waals surface area contributed by atoms with Crippen LogP contribution in [0.3, 0.4) is 0 Å². The molecule has 0 spiro atoms. The Bertz CT molecular complexity index is 926. The molecule has 5 rings (SSSR count). The lowest BCUT2D eigenvalue weighted by atomic mass is 10.1. The SMILES string of the molecule is O=C(Cn1nc(C(F)F)c2c1CCC2)Nc1ccc(N2CCN3CCC[C@H]3C2)cc1. The van der Waals surface area contributed by atoms with Gasteiger partial charge in [0.2, 0.25) is 5.91 Å². The van der Waals surface area contributed by atoms with Crippen molar-refractivity contribution in [1.82, 2.24) is 14.7 Å². The Balaban J connectivity index is 1.21. The highest BCUT2D eigenvalue weighted by Crippen LogP contribution is 2.31. The van der Waals surface area contributed by atoms with Crippen LogP contribution in [0.1, 0.15) is 42.6 Å². The minimum atomic E-state index is -2.60. The fourth-order valence-corrected chi connectivity index (χ4v) is 5.16. The topological polar surface area (TPSA) is 53.4 Å². The van der Waals surface area contributed by atoms with E-state index >= 15 is 0 Å². The third-order valence-electron chi connectivity index (χ3n) is 6.64. The van der Waals surface area contributed by atoms with Gasteiger partial charge < -0.3 is 10.2 Å². The number of halogens is 2. The summed E-state index contributed by atoms with van der Waals surface area (Å²) in [7, 11) is 0. The molecule has 2 aromatic rings. The fraction of sp³-hybridized carbons (Fsp3) is 0.545. The molecule has 8 heteroatoms. The van der Waals surface area contributed by atoms with Gasteiger partial charge in [0.05, 0.1) is 0 Å². The van der Waals surface area contributed by atoms with E-state index in [-0.39, 0.29) is 18.1 Å². The number of benzene rings is 1. The fourth-order valence-electron chi connectivity index (χ4n) is 5.16. The quantitative estimate of drug-likeness (QED) is 0.815. The van der Waals surface area contributed by atoms with E-state index in [1.807, 2.05) is 24.3 Å². The molecule has 1 aromatic carbocycles. The number of anilines is 2. The third kappa shape index (κ3) is 3.69. The lowest BCUT2D eigenvalue weighted by Gasteiger charge is -2.38. The van der Waals surface area contributed by atoms with Gasteiger partial charge in [0.25, 0.3) is 6.43 Å². The number of alkyl halides is 2. The summed E-state index contributed by atoms with van der Waals surface area (Å²) in [5.41, 5.74) is 3.13. The molecule has 160 valence electrons. The highest BCUT2D eigenvalue weighted by Gasteiger charge is 2.30. The van der Waals surface area contributed by atoms with Gasteiger partial charge in [0.1, 0.15) is 12.2 Å². The number of nitrogens with one attached hydrogen (secondary N) is 1. The highest BCUT2D eigenvalue weighted by molar-refractivity contribution is 5.90. The van der Waals surface area contributed by atoms with Gasteiger partial charge in [-0.3, -0.25) is 14.4 Å². The van der Waals surface area contributed by atoms with Crippen LogP contribution in [0, 0.1) is 0 Å². The molecule has 1 atom stereocenters. The summed E-state index contributed by atoms with van der Waals surface area (Å²) in [6.07, 6.45) is 2.13. The Morgan fingerprint density at radius 3 is 2.77 bits per heavy atom. The Kier molecular flexibility index (Phi) is 5.18. The monoisotopic (exact) mass is 415 g/mol. The maximum Gasteiger partial charge on any atom is 0.282 e. The molecule has 6 nitrogen and oxygen atoms in total. The van der Waals surface area contributed by atoms with Crippen LogP contribution >= 0.6 is 0 Å². The first kappa shape index (κ1) is 19.5. The molecule has 1 amide bonds. The van der Waals surface area contributed by atoms with Crippen LogP contribution in [-0.2, 0) is 24.2 Å². The van der Waals surface area contributed by atoms with E-state index in [1.54, 1.807) is 0 Å². The molecule has 0 bridgehead atoms. The first-order valence-electron chi connectivity index (χ1n) is 10.8. The van der Waals surface area contributed by atoms with Crippen molar-refractivity contribution < 1.29 is 13.6 Å². The smallest absolute Gasteiger partial charge is 0.282 e. The lowest BCUT2D eigenvalue weighted by Crippen LogP contribution is -2.50. The average molecular weight is 415 g/mol. The van der Waals surface area contributed by atoms with E-state index in [9.17, 15) is 13.6 Å². The first-order chi connectivity index (χ1) is 14.6. The number of amides is 1. The van der Waals surface area contributed by atoms with Crippen LogP contribution in [0.15, 0.2) is 24.3 Å². The van der Waals surface area contributed by atoms with Gasteiger partial charge in [0, 0.05) is 48.3 Å². The summed E-state index contributed by atoms with van der Waals surface area (Å²) in [5, 5.41) is 6.88. The van der Waals surface area contributed by atoms with Crippen LogP contribution in [0.5, 0.6) is 0 Å². The van der Waals surface area contributed by atoms with Crippen molar-refractivity contribution in [2.75, 3.05) is 36.4 Å². The molecule has 1 N–H and O–H groups in total. The maximum atomic E-state index is 13.2. The van der Waals surface area contributed by atoms with E-state index < -0.39 is 6.43 Å². The van der Waals surface area contributed by atoms with Crippen molar-refractivity contribution >= 4 is 17.3 Å². The van der Waals surface area contributed by atoms with Gasteiger partial charge in [-0.05, 0) is 62.9 Å². The van der Waals surface area contributed by atoms with Gasteiger partial charge in [-0.2, -0.15) is 5.10 Å². The van der Waals surface area contributed by atoms with Crippen LogP contribution < -0.4 is 10.2 Å². The number of carbonyl (C=O) groups excluding carboxylic acids is 1. The van der Waals surface area contributed by atoms with E-state index in [0.29, 0.717) is 30.1 Å². The first-order valence-corrected chi connectivity index (χ1v) is 10.8. The number of fused-ring (bicyclic) bond motifs is 2. The third-order valence-corrected chi connectivity index (χ3v) is 6.64. The Hall–Kier alpha value is -2.48. The number of aromatic nitrogens is 2. The normalized spacial score (nSPS) is 21.2. The number of piperazine rings is 1. The molecule has 30 heavy (non-hydrogen) atoms. The summed E-state index contributed by atoms with van der Waals surface area (Å²) in [6, 6.07) is 8.56. The van der Waals surface area contributed by atoms with Crippen molar-refractivity contribution in [1.29, 1.82) is 0 Å². The molecule has 1 aromatic heterocycles. The van der Waals surface area contributed by atoms with E-state index in [2.05, 4.69) is 20.2 Å². The predicted molar refractivity (Wildman–Crippen MR) is 111 cm³/mol.